The van der Waals surface area contributed by atoms with Crippen molar-refractivity contribution in [1.29, 1.82) is 0 Å². The Morgan fingerprint density at radius 3 is 2.73 bits per heavy atom. The molecular weight excluding hydrogens is 328 g/mol. The Bertz CT molecular complexity index is 657. The molecule has 26 heavy (non-hydrogen) atoms. The van der Waals surface area contributed by atoms with E-state index in [1.807, 2.05) is 13.1 Å². The highest BCUT2D eigenvalue weighted by Gasteiger charge is 2.58. The van der Waals surface area contributed by atoms with Gasteiger partial charge in [-0.2, -0.15) is 5.10 Å². The lowest BCUT2D eigenvalue weighted by atomic mass is 9.50. The van der Waals surface area contributed by atoms with Gasteiger partial charge in [0.1, 0.15) is 0 Å². The zero-order valence-corrected chi connectivity index (χ0v) is 16.3. The van der Waals surface area contributed by atoms with Gasteiger partial charge in [-0.15, -0.1) is 0 Å². The maximum Gasteiger partial charge on any atom is 0.0653 e. The van der Waals surface area contributed by atoms with Crippen LogP contribution in [0.1, 0.15) is 51.3 Å². The summed E-state index contributed by atoms with van der Waals surface area (Å²) in [6.07, 6.45) is 6.53. The molecule has 0 unspecified atom stereocenters. The van der Waals surface area contributed by atoms with Crippen LogP contribution in [0.3, 0.4) is 0 Å². The first-order valence-electron chi connectivity index (χ1n) is 10.3. The molecule has 4 rings (SSSR count). The average Bonchev–Trinajstić information content (AvgIpc) is 3.17. The van der Waals surface area contributed by atoms with Crippen molar-refractivity contribution in [1.82, 2.24) is 10.2 Å². The molecule has 4 N–H and O–H groups in total. The van der Waals surface area contributed by atoms with Crippen molar-refractivity contribution in [2.24, 2.45) is 40.9 Å². The summed E-state index contributed by atoms with van der Waals surface area (Å²) in [6, 6.07) is 0. The van der Waals surface area contributed by atoms with E-state index in [1.165, 1.54) is 5.56 Å². The second kappa shape index (κ2) is 6.32. The quantitative estimate of drug-likeness (QED) is 0.663. The molecular formula is C21H34N2O3. The van der Waals surface area contributed by atoms with E-state index < -0.39 is 5.60 Å². The van der Waals surface area contributed by atoms with E-state index in [4.69, 9.17) is 0 Å². The topological polar surface area (TPSA) is 89.4 Å². The number of aliphatic hydroxyl groups is 3. The highest BCUT2D eigenvalue weighted by atomic mass is 16.3. The van der Waals surface area contributed by atoms with E-state index in [0.717, 1.165) is 37.8 Å². The predicted molar refractivity (Wildman–Crippen MR) is 99.4 cm³/mol. The molecule has 5 nitrogen and oxygen atoms in total. The Hall–Kier alpha value is -0.910. The van der Waals surface area contributed by atoms with E-state index in [1.54, 1.807) is 0 Å². The van der Waals surface area contributed by atoms with Crippen LogP contribution in [0.25, 0.3) is 0 Å². The van der Waals surface area contributed by atoms with Crippen molar-refractivity contribution >= 4 is 0 Å². The van der Waals surface area contributed by atoms with Crippen LogP contribution in [0.15, 0.2) is 6.20 Å². The van der Waals surface area contributed by atoms with Crippen molar-refractivity contribution in [3.63, 3.8) is 0 Å². The average molecular weight is 363 g/mol. The molecule has 0 bridgehead atoms. The van der Waals surface area contributed by atoms with Crippen LogP contribution in [0.4, 0.5) is 0 Å². The van der Waals surface area contributed by atoms with Crippen molar-refractivity contribution < 1.29 is 15.3 Å². The number of hydrogen-bond donors (Lipinski definition) is 4. The molecule has 2 saturated carbocycles. The highest BCUT2D eigenvalue weighted by Crippen LogP contribution is 2.60. The minimum Gasteiger partial charge on any atom is -0.396 e. The van der Waals surface area contributed by atoms with Gasteiger partial charge in [-0.05, 0) is 85.5 Å². The molecule has 146 valence electrons. The van der Waals surface area contributed by atoms with E-state index in [9.17, 15) is 15.3 Å². The number of nitrogens with one attached hydrogen (secondary N) is 1. The third-order valence-corrected chi connectivity index (χ3v) is 8.51. The van der Waals surface area contributed by atoms with E-state index in [0.29, 0.717) is 17.8 Å². The number of hydrogen-bond acceptors (Lipinski definition) is 4. The molecule has 0 radical (unpaired) electrons. The molecule has 8 atom stereocenters. The molecule has 2 fully saturated rings. The summed E-state index contributed by atoms with van der Waals surface area (Å²) in [6.45, 7) is 6.93. The predicted octanol–water partition coefficient (Wildman–Crippen LogP) is 2.16. The number of aromatic amines is 1. The molecule has 1 aromatic heterocycles. The van der Waals surface area contributed by atoms with Crippen LogP contribution in [0.5, 0.6) is 0 Å². The third kappa shape index (κ3) is 2.58. The monoisotopic (exact) mass is 362 g/mol. The van der Waals surface area contributed by atoms with Gasteiger partial charge in [0.15, 0.2) is 0 Å². The Kier molecular flexibility index (Phi) is 4.48. The second-order valence-corrected chi connectivity index (χ2v) is 9.89. The van der Waals surface area contributed by atoms with Crippen molar-refractivity contribution in [2.75, 3.05) is 13.2 Å². The number of rotatable bonds is 3. The highest BCUT2D eigenvalue weighted by molar-refractivity contribution is 5.25. The molecule has 3 aliphatic rings. The molecule has 0 aromatic carbocycles. The van der Waals surface area contributed by atoms with Crippen LogP contribution in [-0.4, -0.2) is 44.3 Å². The summed E-state index contributed by atoms with van der Waals surface area (Å²) in [5, 5.41) is 38.8. The number of nitrogens with zero attached hydrogens (tertiary/aromatic N) is 1. The minimum atomic E-state index is -0.607. The molecule has 1 heterocycles. The zero-order chi connectivity index (χ0) is 18.7. The molecule has 3 aliphatic carbocycles. The van der Waals surface area contributed by atoms with Gasteiger partial charge in [0, 0.05) is 18.9 Å². The third-order valence-electron chi connectivity index (χ3n) is 8.51. The smallest absolute Gasteiger partial charge is 0.0653 e. The maximum absolute atomic E-state index is 10.9. The molecule has 1 aromatic rings. The van der Waals surface area contributed by atoms with Crippen LogP contribution in [0.2, 0.25) is 0 Å². The first-order valence-corrected chi connectivity index (χ1v) is 10.3. The fourth-order valence-corrected chi connectivity index (χ4v) is 7.23. The minimum absolute atomic E-state index is 0.0489. The number of H-pyrrole nitrogens is 1. The first kappa shape index (κ1) is 18.5. The summed E-state index contributed by atoms with van der Waals surface area (Å²) in [7, 11) is 0. The Labute approximate surface area is 156 Å². The Balaban J connectivity index is 1.70. The van der Waals surface area contributed by atoms with E-state index in [-0.39, 0.29) is 36.4 Å². The summed E-state index contributed by atoms with van der Waals surface area (Å²) in [4.78, 5) is 0. The summed E-state index contributed by atoms with van der Waals surface area (Å²) < 4.78 is 0. The summed E-state index contributed by atoms with van der Waals surface area (Å²) in [5.74, 6) is 1.84. The summed E-state index contributed by atoms with van der Waals surface area (Å²) >= 11 is 0. The van der Waals surface area contributed by atoms with Gasteiger partial charge >= 0.3 is 0 Å². The fourth-order valence-electron chi connectivity index (χ4n) is 7.23. The van der Waals surface area contributed by atoms with Crippen LogP contribution in [0, 0.1) is 40.9 Å². The first-order chi connectivity index (χ1) is 12.3. The van der Waals surface area contributed by atoms with E-state index in [2.05, 4.69) is 24.0 Å². The Morgan fingerprint density at radius 2 is 2.04 bits per heavy atom. The van der Waals surface area contributed by atoms with Crippen LogP contribution < -0.4 is 0 Å². The van der Waals surface area contributed by atoms with Crippen molar-refractivity contribution in [3.8, 4) is 0 Å². The molecule has 5 heteroatoms. The van der Waals surface area contributed by atoms with Gasteiger partial charge < -0.3 is 15.3 Å². The lowest BCUT2D eigenvalue weighted by Gasteiger charge is -2.55. The Morgan fingerprint density at radius 1 is 1.27 bits per heavy atom. The van der Waals surface area contributed by atoms with Gasteiger partial charge in [-0.3, -0.25) is 5.10 Å². The maximum atomic E-state index is 10.9. The lowest BCUT2D eigenvalue weighted by molar-refractivity contribution is -0.109. The summed E-state index contributed by atoms with van der Waals surface area (Å²) in [5.41, 5.74) is 1.77. The number of fused-ring (bicyclic) bond motifs is 2. The van der Waals surface area contributed by atoms with Gasteiger partial charge in [0.25, 0.3) is 0 Å². The normalized spacial score (nSPS) is 48.2. The van der Waals surface area contributed by atoms with E-state index >= 15 is 0 Å². The molecule has 0 aliphatic heterocycles. The van der Waals surface area contributed by atoms with Gasteiger partial charge in [-0.1, -0.05) is 13.8 Å². The largest absolute Gasteiger partial charge is 0.396 e. The number of aliphatic hydroxyl groups excluding tert-OH is 2. The van der Waals surface area contributed by atoms with Crippen molar-refractivity contribution in [3.05, 3.63) is 17.5 Å². The fraction of sp³-hybridized carbons (Fsp3) is 0.857. The van der Waals surface area contributed by atoms with Crippen molar-refractivity contribution in [2.45, 2.75) is 58.5 Å². The van der Waals surface area contributed by atoms with Crippen LogP contribution in [-0.2, 0) is 12.8 Å². The van der Waals surface area contributed by atoms with Gasteiger partial charge in [0.2, 0.25) is 0 Å². The SMILES string of the molecule is C[C@@H]1C[C@H]([C@@]2(C)Cc3cn[nH]c3C[C@@H]2CO)[C@H](CO)[C@@H]2CC[C@](C)(O)[C@H]21. The molecule has 0 spiro atoms. The second-order valence-electron chi connectivity index (χ2n) is 9.89. The van der Waals surface area contributed by atoms with Gasteiger partial charge in [-0.25, -0.2) is 0 Å². The van der Waals surface area contributed by atoms with Gasteiger partial charge in [0.05, 0.1) is 11.8 Å². The molecule has 0 amide bonds. The zero-order valence-electron chi connectivity index (χ0n) is 16.3. The lowest BCUT2D eigenvalue weighted by Crippen LogP contribution is -2.54. The van der Waals surface area contributed by atoms with Crippen LogP contribution >= 0.6 is 0 Å². The number of aromatic nitrogens is 2. The standard InChI is InChI=1S/C21H34N2O3/c1-12-6-17(16(11-25)15-4-5-21(3,26)19(12)15)20(2)8-13-9-22-23-18(13)7-14(20)10-24/h9,12,14-17,19,24-26H,4-8,10-11H2,1-3H3,(H,22,23)/t12-,14-,15+,16-,17+,19+,20+,21+/m1/s1. The molecule has 0 saturated heterocycles.